The maximum atomic E-state index is 12.8. The Labute approximate surface area is 170 Å². The molecule has 0 saturated heterocycles. The molecule has 146 valence electrons. The van der Waals surface area contributed by atoms with E-state index in [1.165, 1.54) is 11.6 Å². The van der Waals surface area contributed by atoms with Crippen molar-refractivity contribution in [2.24, 2.45) is 19.2 Å². The summed E-state index contributed by atoms with van der Waals surface area (Å²) < 4.78 is 4.26. The monoisotopic (exact) mass is 420 g/mol. The highest BCUT2D eigenvalue weighted by Gasteiger charge is 2.30. The van der Waals surface area contributed by atoms with Crippen molar-refractivity contribution in [3.63, 3.8) is 0 Å². The molecule has 8 nitrogen and oxygen atoms in total. The number of fused-ring (bicyclic) bond motifs is 3. The molecule has 0 aliphatic carbocycles. The van der Waals surface area contributed by atoms with Gasteiger partial charge in [0, 0.05) is 29.7 Å². The fourth-order valence-electron chi connectivity index (χ4n) is 3.40. The highest BCUT2D eigenvalue weighted by molar-refractivity contribution is 6.36. The molecule has 0 saturated carbocycles. The molecule has 1 aromatic carbocycles. The van der Waals surface area contributed by atoms with Crippen molar-refractivity contribution in [3.05, 3.63) is 54.6 Å². The van der Waals surface area contributed by atoms with Crippen molar-refractivity contribution in [1.29, 1.82) is 0 Å². The Kier molecular flexibility index (Phi) is 4.35. The first kappa shape index (κ1) is 18.8. The fourth-order valence-corrected chi connectivity index (χ4v) is 3.91. The zero-order valence-electron chi connectivity index (χ0n) is 15.8. The number of anilines is 1. The Morgan fingerprint density at radius 1 is 1.11 bits per heavy atom. The summed E-state index contributed by atoms with van der Waals surface area (Å²) >= 11 is 12.7. The molecular formula is C18H18Cl2N6O2. The van der Waals surface area contributed by atoms with Crippen molar-refractivity contribution < 1.29 is 0 Å². The number of halogens is 2. The molecule has 1 aliphatic heterocycles. The van der Waals surface area contributed by atoms with Gasteiger partial charge in [-0.15, -0.1) is 0 Å². The molecule has 28 heavy (non-hydrogen) atoms. The summed E-state index contributed by atoms with van der Waals surface area (Å²) in [5.41, 5.74) is 1.35. The molecule has 0 fully saturated rings. The third-order valence-electron chi connectivity index (χ3n) is 5.14. The second-order valence-electron chi connectivity index (χ2n) is 6.83. The first-order valence-corrected chi connectivity index (χ1v) is 9.41. The number of imidazole rings is 1. The van der Waals surface area contributed by atoms with Gasteiger partial charge in [-0.25, -0.2) is 9.80 Å². The topological polar surface area (TPSA) is 77.4 Å². The largest absolute Gasteiger partial charge is 0.332 e. The van der Waals surface area contributed by atoms with Crippen LogP contribution in [0.1, 0.15) is 25.5 Å². The molecule has 0 amide bonds. The Balaban J connectivity index is 1.99. The van der Waals surface area contributed by atoms with Gasteiger partial charge in [0.1, 0.15) is 0 Å². The Morgan fingerprint density at radius 3 is 2.39 bits per heavy atom. The average molecular weight is 421 g/mol. The SMILES string of the molecule is CC1=NN(Cc2c(Cl)cccc2Cl)c2nc3c(c(=O)n(C)c(=O)n3C)n2[C@@H]1C. The van der Waals surface area contributed by atoms with Crippen molar-refractivity contribution in [2.75, 3.05) is 5.01 Å². The van der Waals surface area contributed by atoms with Gasteiger partial charge in [-0.05, 0) is 26.0 Å². The molecule has 1 atom stereocenters. The molecule has 10 heteroatoms. The van der Waals surface area contributed by atoms with Crippen LogP contribution in [-0.2, 0) is 20.6 Å². The van der Waals surface area contributed by atoms with Crippen LogP contribution >= 0.6 is 23.2 Å². The molecule has 2 aromatic heterocycles. The summed E-state index contributed by atoms with van der Waals surface area (Å²) in [5.74, 6) is 0.461. The van der Waals surface area contributed by atoms with E-state index < -0.39 is 11.2 Å². The van der Waals surface area contributed by atoms with E-state index in [4.69, 9.17) is 23.2 Å². The third-order valence-corrected chi connectivity index (χ3v) is 5.85. The number of hydrogen-bond acceptors (Lipinski definition) is 5. The highest BCUT2D eigenvalue weighted by atomic mass is 35.5. The maximum absolute atomic E-state index is 12.8. The predicted molar refractivity (Wildman–Crippen MR) is 111 cm³/mol. The van der Waals surface area contributed by atoms with E-state index in [1.54, 1.807) is 30.3 Å². The summed E-state index contributed by atoms with van der Waals surface area (Å²) in [5, 5.41) is 7.33. The van der Waals surface area contributed by atoms with Crippen molar-refractivity contribution in [2.45, 2.75) is 26.4 Å². The van der Waals surface area contributed by atoms with E-state index in [1.807, 2.05) is 18.4 Å². The lowest BCUT2D eigenvalue weighted by Crippen LogP contribution is -2.38. The zero-order chi connectivity index (χ0) is 20.3. The summed E-state index contributed by atoms with van der Waals surface area (Å²) in [6.07, 6.45) is 0. The summed E-state index contributed by atoms with van der Waals surface area (Å²) in [6, 6.07) is 5.10. The summed E-state index contributed by atoms with van der Waals surface area (Å²) in [6.45, 7) is 4.10. The quantitative estimate of drug-likeness (QED) is 0.638. The molecule has 3 heterocycles. The molecule has 0 spiro atoms. The van der Waals surface area contributed by atoms with Gasteiger partial charge < -0.3 is 0 Å². The normalized spacial score (nSPS) is 16.4. The van der Waals surface area contributed by atoms with E-state index in [0.717, 1.165) is 10.3 Å². The van der Waals surface area contributed by atoms with Crippen LogP contribution in [0.15, 0.2) is 32.9 Å². The molecule has 1 aliphatic rings. The van der Waals surface area contributed by atoms with Crippen LogP contribution in [0.5, 0.6) is 0 Å². The highest BCUT2D eigenvalue weighted by Crippen LogP contribution is 2.33. The smallest absolute Gasteiger partial charge is 0.294 e. The Morgan fingerprint density at radius 2 is 1.75 bits per heavy atom. The van der Waals surface area contributed by atoms with Crippen LogP contribution in [0, 0.1) is 0 Å². The van der Waals surface area contributed by atoms with Gasteiger partial charge in [-0.1, -0.05) is 29.3 Å². The molecule has 0 bridgehead atoms. The van der Waals surface area contributed by atoms with E-state index >= 15 is 0 Å². The number of hydrazone groups is 1. The summed E-state index contributed by atoms with van der Waals surface area (Å²) in [7, 11) is 3.05. The number of benzene rings is 1. The van der Waals surface area contributed by atoms with Crippen molar-refractivity contribution in [1.82, 2.24) is 18.7 Å². The lowest BCUT2D eigenvalue weighted by atomic mass is 10.2. The van der Waals surface area contributed by atoms with E-state index in [2.05, 4.69) is 10.1 Å². The number of hydrogen-bond donors (Lipinski definition) is 0. The second kappa shape index (κ2) is 6.49. The summed E-state index contributed by atoms with van der Waals surface area (Å²) in [4.78, 5) is 29.8. The molecule has 0 N–H and O–H groups in total. The number of aryl methyl sites for hydroxylation is 1. The van der Waals surface area contributed by atoms with Crippen LogP contribution in [0.25, 0.3) is 11.2 Å². The minimum atomic E-state index is -0.432. The third kappa shape index (κ3) is 2.59. The Hall–Kier alpha value is -2.58. The molecule has 3 aromatic rings. The van der Waals surface area contributed by atoms with Crippen LogP contribution in [-0.4, -0.2) is 24.4 Å². The number of nitrogens with zero attached hydrogens (tertiary/aromatic N) is 6. The zero-order valence-corrected chi connectivity index (χ0v) is 17.3. The molecular weight excluding hydrogens is 403 g/mol. The average Bonchev–Trinajstić information content (AvgIpc) is 3.06. The van der Waals surface area contributed by atoms with E-state index in [0.29, 0.717) is 32.7 Å². The van der Waals surface area contributed by atoms with Crippen LogP contribution in [0.3, 0.4) is 0 Å². The van der Waals surface area contributed by atoms with Gasteiger partial charge in [0.15, 0.2) is 11.2 Å². The maximum Gasteiger partial charge on any atom is 0.332 e. The Bertz CT molecular complexity index is 1250. The minimum Gasteiger partial charge on any atom is -0.294 e. The van der Waals surface area contributed by atoms with Crippen LogP contribution in [0.4, 0.5) is 5.95 Å². The lowest BCUT2D eigenvalue weighted by molar-refractivity contribution is 0.634. The second-order valence-corrected chi connectivity index (χ2v) is 7.65. The first-order chi connectivity index (χ1) is 13.2. The van der Waals surface area contributed by atoms with Crippen LogP contribution < -0.4 is 16.3 Å². The number of aromatic nitrogens is 4. The van der Waals surface area contributed by atoms with Gasteiger partial charge in [0.2, 0.25) is 5.95 Å². The lowest BCUT2D eigenvalue weighted by Gasteiger charge is -2.29. The number of rotatable bonds is 2. The molecule has 4 rings (SSSR count). The molecule has 0 radical (unpaired) electrons. The van der Waals surface area contributed by atoms with Crippen molar-refractivity contribution in [3.8, 4) is 0 Å². The van der Waals surface area contributed by atoms with Gasteiger partial charge in [-0.3, -0.25) is 18.5 Å². The van der Waals surface area contributed by atoms with Gasteiger partial charge in [-0.2, -0.15) is 10.1 Å². The van der Waals surface area contributed by atoms with Gasteiger partial charge >= 0.3 is 5.69 Å². The molecule has 0 unspecified atom stereocenters. The standard InChI is InChI=1S/C18H18Cl2N6O2/c1-9-10(2)26-14-15(23(3)18(28)24(4)16(14)27)21-17(26)25(22-9)8-11-12(19)6-5-7-13(11)20/h5-7,10H,8H2,1-4H3/t10-/m1/s1. The van der Waals surface area contributed by atoms with E-state index in [-0.39, 0.29) is 12.6 Å². The van der Waals surface area contributed by atoms with Gasteiger partial charge in [0.05, 0.1) is 18.3 Å². The van der Waals surface area contributed by atoms with Crippen molar-refractivity contribution >= 4 is 46.0 Å². The first-order valence-electron chi connectivity index (χ1n) is 8.65. The predicted octanol–water partition coefficient (Wildman–Crippen LogP) is 2.70. The minimum absolute atomic E-state index is 0.192. The van der Waals surface area contributed by atoms with Crippen LogP contribution in [0.2, 0.25) is 10.0 Å². The van der Waals surface area contributed by atoms with Gasteiger partial charge in [0.25, 0.3) is 5.56 Å². The van der Waals surface area contributed by atoms with E-state index in [9.17, 15) is 9.59 Å². The fraction of sp³-hybridized carbons (Fsp3) is 0.333.